The van der Waals surface area contributed by atoms with E-state index in [4.69, 9.17) is 22.0 Å². The first-order valence-corrected chi connectivity index (χ1v) is 7.18. The summed E-state index contributed by atoms with van der Waals surface area (Å²) >= 11 is 5.63. The van der Waals surface area contributed by atoms with Gasteiger partial charge in [0, 0.05) is 17.9 Å². The van der Waals surface area contributed by atoms with Gasteiger partial charge in [-0.05, 0) is 30.5 Å². The van der Waals surface area contributed by atoms with Crippen molar-refractivity contribution in [3.63, 3.8) is 0 Å². The molecular formula is C16H18ClNO4. The number of benzene rings is 1. The van der Waals surface area contributed by atoms with Gasteiger partial charge in [0.05, 0.1) is 6.07 Å². The van der Waals surface area contributed by atoms with Crippen molar-refractivity contribution < 1.29 is 19.5 Å². The molecule has 118 valence electrons. The quantitative estimate of drug-likeness (QED) is 0.584. The smallest absolute Gasteiger partial charge is 0.303 e. The standard InChI is InChI=1S/C9H6ClNO.C7H12O3/c10-9-3-1-7(2-4-9)8(5-11)6-12;8-6-4-2-1-3-5-7(9)10/h1-4,6,8H;6H,1-5H2,(H,9,10). The van der Waals surface area contributed by atoms with E-state index < -0.39 is 11.9 Å². The van der Waals surface area contributed by atoms with Crippen LogP contribution in [0.4, 0.5) is 0 Å². The van der Waals surface area contributed by atoms with Gasteiger partial charge in [0.15, 0.2) is 0 Å². The number of carbonyl (C=O) groups is 3. The molecule has 0 radical (unpaired) electrons. The molecule has 0 amide bonds. The van der Waals surface area contributed by atoms with Gasteiger partial charge in [-0.15, -0.1) is 0 Å². The Morgan fingerprint density at radius 1 is 1.23 bits per heavy atom. The fourth-order valence-electron chi connectivity index (χ4n) is 1.53. The van der Waals surface area contributed by atoms with Gasteiger partial charge in [0.25, 0.3) is 0 Å². The Labute approximate surface area is 134 Å². The highest BCUT2D eigenvalue weighted by molar-refractivity contribution is 6.30. The van der Waals surface area contributed by atoms with Crippen LogP contribution in [-0.4, -0.2) is 23.6 Å². The monoisotopic (exact) mass is 323 g/mol. The number of carboxylic acid groups (broad SMARTS) is 1. The van der Waals surface area contributed by atoms with E-state index >= 15 is 0 Å². The number of hydrogen-bond acceptors (Lipinski definition) is 4. The Morgan fingerprint density at radius 3 is 2.32 bits per heavy atom. The van der Waals surface area contributed by atoms with Crippen LogP contribution >= 0.6 is 11.6 Å². The number of nitrogens with zero attached hydrogens (tertiary/aromatic N) is 1. The second-order valence-electron chi connectivity index (χ2n) is 4.45. The van der Waals surface area contributed by atoms with Crippen molar-refractivity contribution in [2.75, 3.05) is 0 Å². The van der Waals surface area contributed by atoms with Gasteiger partial charge in [-0.25, -0.2) is 0 Å². The zero-order valence-electron chi connectivity index (χ0n) is 12.1. The fraction of sp³-hybridized carbons (Fsp3) is 0.375. The number of rotatable bonds is 8. The van der Waals surface area contributed by atoms with Crippen LogP contribution in [-0.2, 0) is 14.4 Å². The number of unbranched alkanes of at least 4 members (excludes halogenated alkanes) is 3. The minimum Gasteiger partial charge on any atom is -0.481 e. The van der Waals surface area contributed by atoms with Crippen LogP contribution in [0.2, 0.25) is 5.02 Å². The third-order valence-corrected chi connectivity index (χ3v) is 2.97. The number of aliphatic carboxylic acids is 1. The van der Waals surface area contributed by atoms with Crippen molar-refractivity contribution in [1.82, 2.24) is 0 Å². The van der Waals surface area contributed by atoms with E-state index in [1.807, 2.05) is 6.07 Å². The van der Waals surface area contributed by atoms with E-state index in [0.29, 0.717) is 29.7 Å². The van der Waals surface area contributed by atoms with Crippen LogP contribution in [0.25, 0.3) is 0 Å². The lowest BCUT2D eigenvalue weighted by molar-refractivity contribution is -0.137. The van der Waals surface area contributed by atoms with Gasteiger partial charge in [-0.2, -0.15) is 5.26 Å². The molecule has 0 fully saturated rings. The first-order chi connectivity index (χ1) is 10.5. The molecule has 0 bridgehead atoms. The molecular weight excluding hydrogens is 306 g/mol. The second kappa shape index (κ2) is 12.5. The molecule has 1 atom stereocenters. The molecule has 0 saturated carbocycles. The molecule has 0 aliphatic heterocycles. The van der Waals surface area contributed by atoms with Crippen molar-refractivity contribution in [3.05, 3.63) is 34.9 Å². The maximum Gasteiger partial charge on any atom is 0.303 e. The second-order valence-corrected chi connectivity index (χ2v) is 4.89. The maximum atomic E-state index is 10.4. The van der Waals surface area contributed by atoms with Crippen molar-refractivity contribution in [2.45, 2.75) is 38.0 Å². The number of halogens is 1. The number of carboxylic acids is 1. The average Bonchev–Trinajstić information content (AvgIpc) is 2.50. The van der Waals surface area contributed by atoms with E-state index in [-0.39, 0.29) is 6.42 Å². The molecule has 0 aromatic heterocycles. The Balaban J connectivity index is 0.000000409. The molecule has 0 spiro atoms. The third-order valence-electron chi connectivity index (χ3n) is 2.72. The highest BCUT2D eigenvalue weighted by Crippen LogP contribution is 2.15. The molecule has 22 heavy (non-hydrogen) atoms. The summed E-state index contributed by atoms with van der Waals surface area (Å²) in [5.41, 5.74) is 0.678. The molecule has 6 heteroatoms. The first-order valence-electron chi connectivity index (χ1n) is 6.81. The Kier molecular flexibility index (Phi) is 11.3. The van der Waals surface area contributed by atoms with Crippen molar-refractivity contribution >= 4 is 30.1 Å². The zero-order valence-corrected chi connectivity index (χ0v) is 12.8. The van der Waals surface area contributed by atoms with Crippen LogP contribution in [0.15, 0.2) is 24.3 Å². The molecule has 0 heterocycles. The lowest BCUT2D eigenvalue weighted by atomic mass is 10.0. The highest BCUT2D eigenvalue weighted by Gasteiger charge is 2.07. The highest BCUT2D eigenvalue weighted by atomic mass is 35.5. The summed E-state index contributed by atoms with van der Waals surface area (Å²) in [6, 6.07) is 8.53. The van der Waals surface area contributed by atoms with Crippen LogP contribution in [0.3, 0.4) is 0 Å². The normalized spacial score (nSPS) is 10.5. The number of carbonyl (C=O) groups excluding carboxylic acids is 2. The molecule has 0 aliphatic carbocycles. The minimum absolute atomic E-state index is 0.221. The molecule has 1 rings (SSSR count). The summed E-state index contributed by atoms with van der Waals surface area (Å²) in [4.78, 5) is 30.1. The minimum atomic E-state index is -0.758. The summed E-state index contributed by atoms with van der Waals surface area (Å²) in [6.45, 7) is 0. The molecule has 0 aliphatic rings. The number of aldehydes is 2. The third kappa shape index (κ3) is 9.67. The van der Waals surface area contributed by atoms with E-state index in [9.17, 15) is 14.4 Å². The lowest BCUT2D eigenvalue weighted by Crippen LogP contribution is -1.95. The van der Waals surface area contributed by atoms with Crippen LogP contribution < -0.4 is 0 Å². The summed E-state index contributed by atoms with van der Waals surface area (Å²) in [5, 5.41) is 17.3. The summed E-state index contributed by atoms with van der Waals surface area (Å²) < 4.78 is 0. The summed E-state index contributed by atoms with van der Waals surface area (Å²) in [5.74, 6) is -1.44. The molecule has 1 N–H and O–H groups in total. The molecule has 5 nitrogen and oxygen atoms in total. The summed E-state index contributed by atoms with van der Waals surface area (Å²) in [6.07, 6.45) is 4.59. The fourth-order valence-corrected chi connectivity index (χ4v) is 1.66. The van der Waals surface area contributed by atoms with Gasteiger partial charge in [0.2, 0.25) is 0 Å². The number of nitriles is 1. The van der Waals surface area contributed by atoms with Gasteiger partial charge in [0.1, 0.15) is 18.5 Å². The molecule has 1 aromatic rings. The molecule has 0 saturated heterocycles. The van der Waals surface area contributed by atoms with Gasteiger partial charge in [-0.3, -0.25) is 4.79 Å². The first kappa shape index (κ1) is 19.8. The van der Waals surface area contributed by atoms with E-state index in [1.54, 1.807) is 24.3 Å². The Hall–Kier alpha value is -2.19. The topological polar surface area (TPSA) is 95.2 Å². The SMILES string of the molecule is N#CC(C=O)c1ccc(Cl)cc1.O=CCCCCCC(=O)O. The Bertz CT molecular complexity index is 508. The van der Waals surface area contributed by atoms with Crippen LogP contribution in [0.5, 0.6) is 0 Å². The molecule has 1 aromatic carbocycles. The molecule has 1 unspecified atom stereocenters. The predicted octanol–water partition coefficient (Wildman–Crippen LogP) is 3.37. The maximum absolute atomic E-state index is 10.4. The van der Waals surface area contributed by atoms with Gasteiger partial charge >= 0.3 is 5.97 Å². The van der Waals surface area contributed by atoms with Crippen LogP contribution in [0.1, 0.15) is 43.6 Å². The van der Waals surface area contributed by atoms with Crippen molar-refractivity contribution in [1.29, 1.82) is 5.26 Å². The largest absolute Gasteiger partial charge is 0.481 e. The number of hydrogen-bond donors (Lipinski definition) is 1. The van der Waals surface area contributed by atoms with Gasteiger partial charge in [-0.1, -0.05) is 30.2 Å². The Morgan fingerprint density at radius 2 is 1.86 bits per heavy atom. The van der Waals surface area contributed by atoms with Crippen LogP contribution in [0, 0.1) is 11.3 Å². The summed E-state index contributed by atoms with van der Waals surface area (Å²) in [7, 11) is 0. The average molecular weight is 324 g/mol. The predicted molar refractivity (Wildman–Crippen MR) is 82.7 cm³/mol. The van der Waals surface area contributed by atoms with E-state index in [0.717, 1.165) is 19.1 Å². The van der Waals surface area contributed by atoms with E-state index in [2.05, 4.69) is 0 Å². The van der Waals surface area contributed by atoms with Crippen molar-refractivity contribution in [3.8, 4) is 6.07 Å². The van der Waals surface area contributed by atoms with E-state index in [1.165, 1.54) is 0 Å². The van der Waals surface area contributed by atoms with Crippen molar-refractivity contribution in [2.24, 2.45) is 0 Å². The zero-order chi connectivity index (χ0) is 16.8. The lowest BCUT2D eigenvalue weighted by Gasteiger charge is -1.99. The van der Waals surface area contributed by atoms with Gasteiger partial charge < -0.3 is 14.7 Å².